The number of aromatic nitrogens is 1. The zero-order valence-corrected chi connectivity index (χ0v) is 7.75. The van der Waals surface area contributed by atoms with Crippen LogP contribution in [0.4, 0.5) is 0 Å². The van der Waals surface area contributed by atoms with E-state index in [2.05, 4.69) is 31.0 Å². The minimum absolute atomic E-state index is 1.10. The Morgan fingerprint density at radius 1 is 1.50 bits per heavy atom. The first-order valence-corrected chi connectivity index (χ1v) is 4.31. The van der Waals surface area contributed by atoms with Gasteiger partial charge in [0.05, 0.1) is 0 Å². The predicted molar refractivity (Wildman–Crippen MR) is 52.0 cm³/mol. The zero-order chi connectivity index (χ0) is 8.81. The fourth-order valence-electron chi connectivity index (χ4n) is 1.07. The van der Waals surface area contributed by atoms with Crippen LogP contribution < -0.4 is 0 Å². The standard InChI is InChI=1S/C11H15N/c1-10(2)5-3-6-11-7-4-8-12-9-11/h4-5,7-9H,3,6H2,1-2H3. The van der Waals surface area contributed by atoms with Crippen molar-refractivity contribution < 1.29 is 0 Å². The predicted octanol–water partition coefficient (Wildman–Crippen LogP) is 2.98. The monoisotopic (exact) mass is 161 g/mol. The molecule has 0 saturated carbocycles. The molecule has 1 aromatic heterocycles. The average molecular weight is 161 g/mol. The molecule has 0 aliphatic rings. The maximum atomic E-state index is 4.06. The molecule has 0 fully saturated rings. The SMILES string of the molecule is CC(C)=CCCc1cccnc1. The number of pyridine rings is 1. The molecule has 0 amide bonds. The van der Waals surface area contributed by atoms with E-state index < -0.39 is 0 Å². The van der Waals surface area contributed by atoms with Crippen molar-refractivity contribution in [2.45, 2.75) is 26.7 Å². The molecule has 0 atom stereocenters. The maximum Gasteiger partial charge on any atom is 0.0299 e. The largest absolute Gasteiger partial charge is 0.264 e. The molecule has 0 aliphatic carbocycles. The lowest BCUT2D eigenvalue weighted by atomic mass is 10.1. The number of nitrogens with zero attached hydrogens (tertiary/aromatic N) is 1. The first-order valence-electron chi connectivity index (χ1n) is 4.31. The fourth-order valence-corrected chi connectivity index (χ4v) is 1.07. The number of hydrogen-bond donors (Lipinski definition) is 0. The van der Waals surface area contributed by atoms with E-state index in [1.54, 1.807) is 0 Å². The van der Waals surface area contributed by atoms with Gasteiger partial charge < -0.3 is 0 Å². The van der Waals surface area contributed by atoms with Crippen molar-refractivity contribution in [3.63, 3.8) is 0 Å². The molecule has 0 N–H and O–H groups in total. The van der Waals surface area contributed by atoms with Gasteiger partial charge in [0, 0.05) is 12.4 Å². The lowest BCUT2D eigenvalue weighted by Crippen LogP contribution is -1.83. The highest BCUT2D eigenvalue weighted by molar-refractivity contribution is 5.09. The maximum absolute atomic E-state index is 4.06. The minimum atomic E-state index is 1.10. The smallest absolute Gasteiger partial charge is 0.0299 e. The van der Waals surface area contributed by atoms with E-state index >= 15 is 0 Å². The molecule has 0 spiro atoms. The molecule has 0 unspecified atom stereocenters. The average Bonchev–Trinajstić information content (AvgIpc) is 2.05. The van der Waals surface area contributed by atoms with E-state index in [1.807, 2.05) is 18.5 Å². The molecular formula is C11H15N. The van der Waals surface area contributed by atoms with Gasteiger partial charge in [0.1, 0.15) is 0 Å². The topological polar surface area (TPSA) is 12.9 Å². The third-order valence-corrected chi connectivity index (χ3v) is 1.71. The van der Waals surface area contributed by atoms with Crippen LogP contribution in [0.25, 0.3) is 0 Å². The molecule has 1 rings (SSSR count). The normalized spacial score (nSPS) is 9.50. The van der Waals surface area contributed by atoms with E-state index in [-0.39, 0.29) is 0 Å². The molecule has 1 heteroatoms. The second-order valence-electron chi connectivity index (χ2n) is 3.18. The lowest BCUT2D eigenvalue weighted by Gasteiger charge is -1.96. The van der Waals surface area contributed by atoms with Crippen LogP contribution in [-0.4, -0.2) is 4.98 Å². The first-order chi connectivity index (χ1) is 5.79. The van der Waals surface area contributed by atoms with E-state index in [0.717, 1.165) is 12.8 Å². The summed E-state index contributed by atoms with van der Waals surface area (Å²) in [6.45, 7) is 4.26. The summed E-state index contributed by atoms with van der Waals surface area (Å²) in [6.07, 6.45) is 8.21. The van der Waals surface area contributed by atoms with Crippen molar-refractivity contribution in [1.29, 1.82) is 0 Å². The fraction of sp³-hybridized carbons (Fsp3) is 0.364. The van der Waals surface area contributed by atoms with Gasteiger partial charge in [-0.05, 0) is 38.3 Å². The summed E-state index contributed by atoms with van der Waals surface area (Å²) in [5.74, 6) is 0. The van der Waals surface area contributed by atoms with E-state index in [1.165, 1.54) is 11.1 Å². The lowest BCUT2D eigenvalue weighted by molar-refractivity contribution is 0.976. The third kappa shape index (κ3) is 3.33. The number of aryl methyl sites for hydroxylation is 1. The summed E-state index contributed by atoms with van der Waals surface area (Å²) in [6, 6.07) is 4.10. The quantitative estimate of drug-likeness (QED) is 0.621. The van der Waals surface area contributed by atoms with Gasteiger partial charge in [-0.2, -0.15) is 0 Å². The van der Waals surface area contributed by atoms with Crippen LogP contribution in [0.5, 0.6) is 0 Å². The Bertz CT molecular complexity index is 245. The molecule has 64 valence electrons. The Kier molecular flexibility index (Phi) is 3.52. The van der Waals surface area contributed by atoms with Crippen LogP contribution in [0.2, 0.25) is 0 Å². The first kappa shape index (κ1) is 8.98. The van der Waals surface area contributed by atoms with Crippen LogP contribution in [0.15, 0.2) is 36.2 Å². The zero-order valence-electron chi connectivity index (χ0n) is 7.75. The second-order valence-corrected chi connectivity index (χ2v) is 3.18. The van der Waals surface area contributed by atoms with E-state index in [4.69, 9.17) is 0 Å². The molecule has 0 saturated heterocycles. The highest BCUT2D eigenvalue weighted by Gasteiger charge is 1.88. The highest BCUT2D eigenvalue weighted by atomic mass is 14.6. The molecule has 0 aromatic carbocycles. The van der Waals surface area contributed by atoms with E-state index in [0.29, 0.717) is 0 Å². The summed E-state index contributed by atoms with van der Waals surface area (Å²) < 4.78 is 0. The molecular weight excluding hydrogens is 146 g/mol. The van der Waals surface area contributed by atoms with Crippen LogP contribution in [0.1, 0.15) is 25.8 Å². The van der Waals surface area contributed by atoms with Crippen molar-refractivity contribution in [3.05, 3.63) is 41.7 Å². The Morgan fingerprint density at radius 2 is 2.33 bits per heavy atom. The van der Waals surface area contributed by atoms with Gasteiger partial charge in [-0.25, -0.2) is 0 Å². The summed E-state index contributed by atoms with van der Waals surface area (Å²) in [7, 11) is 0. The molecule has 1 aromatic rings. The molecule has 1 nitrogen and oxygen atoms in total. The Balaban J connectivity index is 2.39. The Hall–Kier alpha value is -1.11. The second kappa shape index (κ2) is 4.70. The van der Waals surface area contributed by atoms with Crippen molar-refractivity contribution >= 4 is 0 Å². The van der Waals surface area contributed by atoms with Gasteiger partial charge in [0.15, 0.2) is 0 Å². The molecule has 12 heavy (non-hydrogen) atoms. The highest BCUT2D eigenvalue weighted by Crippen LogP contribution is 2.02. The van der Waals surface area contributed by atoms with Gasteiger partial charge in [-0.3, -0.25) is 4.98 Å². The summed E-state index contributed by atoms with van der Waals surface area (Å²) in [5, 5.41) is 0. The Morgan fingerprint density at radius 3 is 2.92 bits per heavy atom. The number of hydrogen-bond acceptors (Lipinski definition) is 1. The van der Waals surface area contributed by atoms with Crippen molar-refractivity contribution in [2.24, 2.45) is 0 Å². The van der Waals surface area contributed by atoms with Gasteiger partial charge in [0.2, 0.25) is 0 Å². The number of allylic oxidation sites excluding steroid dienone is 2. The summed E-state index contributed by atoms with van der Waals surface area (Å²) >= 11 is 0. The van der Waals surface area contributed by atoms with Gasteiger partial charge >= 0.3 is 0 Å². The third-order valence-electron chi connectivity index (χ3n) is 1.71. The van der Waals surface area contributed by atoms with E-state index in [9.17, 15) is 0 Å². The molecule has 0 bridgehead atoms. The van der Waals surface area contributed by atoms with Crippen LogP contribution in [0.3, 0.4) is 0 Å². The summed E-state index contributed by atoms with van der Waals surface area (Å²) in [5.41, 5.74) is 2.70. The van der Waals surface area contributed by atoms with Crippen molar-refractivity contribution in [2.75, 3.05) is 0 Å². The Labute approximate surface area is 74.2 Å². The summed E-state index contributed by atoms with van der Waals surface area (Å²) in [4.78, 5) is 4.06. The van der Waals surface area contributed by atoms with Gasteiger partial charge in [-0.15, -0.1) is 0 Å². The van der Waals surface area contributed by atoms with Gasteiger partial charge in [0.25, 0.3) is 0 Å². The van der Waals surface area contributed by atoms with Crippen molar-refractivity contribution in [3.8, 4) is 0 Å². The van der Waals surface area contributed by atoms with Crippen molar-refractivity contribution in [1.82, 2.24) is 4.98 Å². The van der Waals surface area contributed by atoms with Gasteiger partial charge in [-0.1, -0.05) is 17.7 Å². The number of rotatable bonds is 3. The molecule has 1 heterocycles. The molecule has 0 radical (unpaired) electrons. The van der Waals surface area contributed by atoms with Crippen LogP contribution >= 0.6 is 0 Å². The van der Waals surface area contributed by atoms with Crippen LogP contribution in [-0.2, 0) is 6.42 Å². The minimum Gasteiger partial charge on any atom is -0.264 e. The van der Waals surface area contributed by atoms with Crippen LogP contribution in [0, 0.1) is 0 Å². The molecule has 0 aliphatic heterocycles.